The number of aromatic nitrogens is 1. The zero-order valence-corrected chi connectivity index (χ0v) is 20.6. The fraction of sp³-hybridized carbons (Fsp3) is 0.0370. The second-order valence-electron chi connectivity index (χ2n) is 8.03. The molecule has 0 spiro atoms. The monoisotopic (exact) mass is 514 g/mol. The molecule has 0 radical (unpaired) electrons. The van der Waals surface area contributed by atoms with Gasteiger partial charge in [0.25, 0.3) is 17.7 Å². The Morgan fingerprint density at radius 2 is 1.69 bits per heavy atom. The van der Waals surface area contributed by atoms with Crippen LogP contribution in [0.4, 0.5) is 16.5 Å². The molecule has 0 fully saturated rings. The Labute approximate surface area is 216 Å². The van der Waals surface area contributed by atoms with E-state index < -0.39 is 11.8 Å². The molecule has 0 saturated heterocycles. The maximum absolute atomic E-state index is 13.0. The Balaban J connectivity index is 1.31. The third-order valence-corrected chi connectivity index (χ3v) is 6.62. The van der Waals surface area contributed by atoms with Gasteiger partial charge >= 0.3 is 0 Å². The van der Waals surface area contributed by atoms with Crippen LogP contribution in [0.15, 0.2) is 95.0 Å². The van der Waals surface area contributed by atoms with Gasteiger partial charge in [0.05, 0.1) is 11.4 Å². The van der Waals surface area contributed by atoms with Gasteiger partial charge in [0, 0.05) is 22.2 Å². The number of benzene rings is 3. The highest BCUT2D eigenvalue weighted by atomic mass is 35.5. The summed E-state index contributed by atoms with van der Waals surface area (Å²) in [6.45, 7) is 1.91. The van der Waals surface area contributed by atoms with Crippen LogP contribution in [-0.4, -0.2) is 22.7 Å². The first kappa shape index (κ1) is 23.5. The van der Waals surface area contributed by atoms with E-state index in [1.165, 1.54) is 11.3 Å². The molecule has 178 valence electrons. The number of carbonyl (C=O) groups is 3. The smallest absolute Gasteiger partial charge is 0.283 e. The van der Waals surface area contributed by atoms with Crippen molar-refractivity contribution >= 4 is 57.2 Å². The normalized spacial score (nSPS) is 13.3. The molecule has 9 heteroatoms. The standard InChI is InChI=1S/C27H19ClN4O3S/c1-16-10-12-20(13-11-16)32-25(34)22(28)23(26(32)35)29-19-9-5-8-18(14-19)24(33)31-27-30-21(15-36-27)17-6-3-2-4-7-17/h2-15,29H,1H3,(H,30,31,33). The lowest BCUT2D eigenvalue weighted by molar-refractivity contribution is -0.120. The van der Waals surface area contributed by atoms with E-state index in [0.717, 1.165) is 21.7 Å². The molecule has 0 unspecified atom stereocenters. The van der Waals surface area contributed by atoms with Crippen molar-refractivity contribution in [3.8, 4) is 11.3 Å². The number of imide groups is 1. The van der Waals surface area contributed by atoms with Crippen molar-refractivity contribution < 1.29 is 14.4 Å². The van der Waals surface area contributed by atoms with E-state index >= 15 is 0 Å². The van der Waals surface area contributed by atoms with Crippen LogP contribution in [0.2, 0.25) is 0 Å². The number of hydrogen-bond acceptors (Lipinski definition) is 6. The Kier molecular flexibility index (Phi) is 6.37. The Bertz CT molecular complexity index is 1510. The van der Waals surface area contributed by atoms with Crippen LogP contribution in [-0.2, 0) is 9.59 Å². The van der Waals surface area contributed by atoms with Crippen LogP contribution in [0.5, 0.6) is 0 Å². The van der Waals surface area contributed by atoms with Crippen molar-refractivity contribution in [1.29, 1.82) is 0 Å². The van der Waals surface area contributed by atoms with Gasteiger partial charge in [-0.15, -0.1) is 11.3 Å². The third kappa shape index (κ3) is 4.64. The molecule has 36 heavy (non-hydrogen) atoms. The molecule has 4 aromatic rings. The molecular weight excluding hydrogens is 496 g/mol. The van der Waals surface area contributed by atoms with Crippen LogP contribution in [0.1, 0.15) is 15.9 Å². The highest BCUT2D eigenvalue weighted by molar-refractivity contribution is 7.14. The van der Waals surface area contributed by atoms with Gasteiger partial charge < -0.3 is 5.32 Å². The van der Waals surface area contributed by atoms with Gasteiger partial charge in [0.2, 0.25) is 0 Å². The van der Waals surface area contributed by atoms with Crippen LogP contribution < -0.4 is 15.5 Å². The van der Waals surface area contributed by atoms with E-state index in [9.17, 15) is 14.4 Å². The van der Waals surface area contributed by atoms with E-state index in [4.69, 9.17) is 11.6 Å². The lowest BCUT2D eigenvalue weighted by atomic mass is 10.2. The van der Waals surface area contributed by atoms with Crippen molar-refractivity contribution in [2.75, 3.05) is 15.5 Å². The molecule has 3 amide bonds. The van der Waals surface area contributed by atoms with Crippen LogP contribution in [0.3, 0.4) is 0 Å². The van der Waals surface area contributed by atoms with E-state index in [1.807, 2.05) is 54.8 Å². The largest absolute Gasteiger partial charge is 0.350 e. The number of halogens is 1. The quantitative estimate of drug-likeness (QED) is 0.317. The number of thiazole rings is 1. The van der Waals surface area contributed by atoms with Gasteiger partial charge in [-0.1, -0.05) is 65.7 Å². The lowest BCUT2D eigenvalue weighted by Gasteiger charge is -2.15. The van der Waals surface area contributed by atoms with Crippen molar-refractivity contribution in [2.24, 2.45) is 0 Å². The fourth-order valence-corrected chi connectivity index (χ4v) is 4.59. The molecule has 3 aromatic carbocycles. The van der Waals surface area contributed by atoms with Gasteiger partial charge in [-0.25, -0.2) is 9.88 Å². The molecule has 7 nitrogen and oxygen atoms in total. The average Bonchev–Trinajstić information content (AvgIpc) is 3.44. The SMILES string of the molecule is Cc1ccc(N2C(=O)C(Cl)=C(Nc3cccc(C(=O)Nc4nc(-c5ccccc5)cs4)c3)C2=O)cc1. The van der Waals surface area contributed by atoms with Crippen molar-refractivity contribution in [3.63, 3.8) is 0 Å². The molecule has 0 saturated carbocycles. The number of carbonyl (C=O) groups excluding carboxylic acids is 3. The maximum atomic E-state index is 13.0. The van der Waals surface area contributed by atoms with Gasteiger partial charge in [-0.2, -0.15) is 0 Å². The summed E-state index contributed by atoms with van der Waals surface area (Å²) in [6.07, 6.45) is 0. The van der Waals surface area contributed by atoms with Crippen molar-refractivity contribution in [3.05, 3.63) is 106 Å². The van der Waals surface area contributed by atoms with Crippen molar-refractivity contribution in [2.45, 2.75) is 6.92 Å². The summed E-state index contributed by atoms with van der Waals surface area (Å²) in [5.74, 6) is -1.54. The average molecular weight is 515 g/mol. The van der Waals surface area contributed by atoms with E-state index in [1.54, 1.807) is 36.4 Å². The number of hydrogen-bond donors (Lipinski definition) is 2. The molecule has 5 rings (SSSR count). The molecule has 2 heterocycles. The van der Waals surface area contributed by atoms with Gasteiger partial charge in [0.15, 0.2) is 5.13 Å². The summed E-state index contributed by atoms with van der Waals surface area (Å²) in [4.78, 5) is 44.1. The summed E-state index contributed by atoms with van der Waals surface area (Å²) in [6, 6.07) is 23.2. The highest BCUT2D eigenvalue weighted by Gasteiger charge is 2.38. The molecule has 0 atom stereocenters. The predicted octanol–water partition coefficient (Wildman–Crippen LogP) is 5.81. The molecule has 1 aromatic heterocycles. The maximum Gasteiger partial charge on any atom is 0.283 e. The number of nitrogens with zero attached hydrogens (tertiary/aromatic N) is 2. The Morgan fingerprint density at radius 3 is 2.44 bits per heavy atom. The second-order valence-corrected chi connectivity index (χ2v) is 9.27. The van der Waals surface area contributed by atoms with E-state index in [2.05, 4.69) is 15.6 Å². The van der Waals surface area contributed by atoms with E-state index in [-0.39, 0.29) is 16.6 Å². The fourth-order valence-electron chi connectivity index (χ4n) is 3.66. The van der Waals surface area contributed by atoms with Gasteiger partial charge in [0.1, 0.15) is 10.7 Å². The molecule has 2 N–H and O–H groups in total. The minimum atomic E-state index is -0.611. The van der Waals surface area contributed by atoms with Crippen molar-refractivity contribution in [1.82, 2.24) is 4.98 Å². The molecule has 1 aliphatic rings. The third-order valence-electron chi connectivity index (χ3n) is 5.51. The zero-order chi connectivity index (χ0) is 25.2. The van der Waals surface area contributed by atoms with Gasteiger partial charge in [-0.3, -0.25) is 19.7 Å². The Hall–Kier alpha value is -4.27. The first-order chi connectivity index (χ1) is 17.4. The zero-order valence-electron chi connectivity index (χ0n) is 19.0. The molecular formula is C27H19ClN4O3S. The first-order valence-corrected chi connectivity index (χ1v) is 12.2. The number of amides is 3. The summed E-state index contributed by atoms with van der Waals surface area (Å²) < 4.78 is 0. The number of aryl methyl sites for hydroxylation is 1. The first-order valence-electron chi connectivity index (χ1n) is 11.0. The van der Waals surface area contributed by atoms with Crippen LogP contribution in [0.25, 0.3) is 11.3 Å². The summed E-state index contributed by atoms with van der Waals surface area (Å²) in [7, 11) is 0. The molecule has 0 bridgehead atoms. The minimum absolute atomic E-state index is 0.0489. The minimum Gasteiger partial charge on any atom is -0.350 e. The molecule has 1 aliphatic heterocycles. The lowest BCUT2D eigenvalue weighted by Crippen LogP contribution is -2.32. The predicted molar refractivity (Wildman–Crippen MR) is 142 cm³/mol. The molecule has 0 aliphatic carbocycles. The summed E-state index contributed by atoms with van der Waals surface area (Å²) in [5.41, 5.74) is 3.90. The Morgan fingerprint density at radius 1 is 0.944 bits per heavy atom. The van der Waals surface area contributed by atoms with Gasteiger partial charge in [-0.05, 0) is 37.3 Å². The summed E-state index contributed by atoms with van der Waals surface area (Å²) >= 11 is 7.56. The van der Waals surface area contributed by atoms with Crippen LogP contribution in [0, 0.1) is 6.92 Å². The van der Waals surface area contributed by atoms with Crippen LogP contribution >= 0.6 is 22.9 Å². The topological polar surface area (TPSA) is 91.4 Å². The highest BCUT2D eigenvalue weighted by Crippen LogP contribution is 2.31. The number of nitrogens with one attached hydrogen (secondary N) is 2. The van der Waals surface area contributed by atoms with E-state index in [0.29, 0.717) is 22.1 Å². The number of rotatable bonds is 6. The number of anilines is 3. The summed E-state index contributed by atoms with van der Waals surface area (Å²) in [5, 5.41) is 7.83. The second kappa shape index (κ2) is 9.77.